The van der Waals surface area contributed by atoms with Crippen molar-refractivity contribution in [3.63, 3.8) is 0 Å². The van der Waals surface area contributed by atoms with Crippen molar-refractivity contribution in [2.24, 2.45) is 5.41 Å². The van der Waals surface area contributed by atoms with E-state index in [-0.39, 0.29) is 5.41 Å². The molecule has 0 unspecified atom stereocenters. The molecular formula is C31H46. The topological polar surface area (TPSA) is 0 Å². The van der Waals surface area contributed by atoms with Crippen LogP contribution in [0.1, 0.15) is 68.0 Å². The Balaban J connectivity index is 0. The predicted molar refractivity (Wildman–Crippen MR) is 146 cm³/mol. The third-order valence-corrected chi connectivity index (χ3v) is 4.83. The van der Waals surface area contributed by atoms with E-state index < -0.39 is 0 Å². The highest BCUT2D eigenvalue weighted by atomic mass is 14.2. The Morgan fingerprint density at radius 2 is 1.45 bits per heavy atom. The minimum Gasteiger partial charge on any atom is -0.106 e. The summed E-state index contributed by atoms with van der Waals surface area (Å²) in [5, 5.41) is 0. The highest BCUT2D eigenvalue weighted by Gasteiger charge is 2.15. The normalized spacial score (nSPS) is 9.94. The van der Waals surface area contributed by atoms with E-state index in [1.54, 1.807) is 6.08 Å². The molecule has 0 atom stereocenters. The molecule has 2 rings (SSSR count). The van der Waals surface area contributed by atoms with E-state index >= 15 is 0 Å². The standard InChI is InChI=1S/C16H22.C10H14.C3H6.C2H4/c1-6-9-15-13(3)10-8-11-14(15)12-16(4,5)7-2;1-4-10-7-8(2)5-6-9(10)3;1-3-2;1-2/h6-11H,2,12H2,1,3-5H3;5-7H,4H2,1-3H3;3H,1H2,2H3;1-2H2/b9-6-;;;. The summed E-state index contributed by atoms with van der Waals surface area (Å²) in [4.78, 5) is 0. The maximum atomic E-state index is 3.91. The van der Waals surface area contributed by atoms with E-state index in [9.17, 15) is 0 Å². The van der Waals surface area contributed by atoms with Crippen molar-refractivity contribution in [2.45, 2.75) is 68.2 Å². The zero-order valence-corrected chi connectivity index (χ0v) is 21.5. The first-order valence-electron chi connectivity index (χ1n) is 11.1. The van der Waals surface area contributed by atoms with E-state index in [0.717, 1.165) is 12.8 Å². The van der Waals surface area contributed by atoms with Crippen LogP contribution in [0.4, 0.5) is 0 Å². The summed E-state index contributed by atoms with van der Waals surface area (Å²) in [5.74, 6) is 0. The van der Waals surface area contributed by atoms with Gasteiger partial charge in [-0.25, -0.2) is 0 Å². The molecule has 2 aromatic carbocycles. The monoisotopic (exact) mass is 418 g/mol. The molecule has 31 heavy (non-hydrogen) atoms. The van der Waals surface area contributed by atoms with E-state index in [1.165, 1.54) is 33.4 Å². The van der Waals surface area contributed by atoms with Crippen molar-refractivity contribution in [2.75, 3.05) is 0 Å². The van der Waals surface area contributed by atoms with Crippen LogP contribution in [0, 0.1) is 26.2 Å². The maximum absolute atomic E-state index is 3.91. The van der Waals surface area contributed by atoms with Crippen LogP contribution in [-0.4, -0.2) is 0 Å². The molecule has 0 amide bonds. The number of benzene rings is 2. The van der Waals surface area contributed by atoms with E-state index in [1.807, 2.05) is 13.0 Å². The highest BCUT2D eigenvalue weighted by Crippen LogP contribution is 2.27. The Kier molecular flexibility index (Phi) is 16.9. The highest BCUT2D eigenvalue weighted by molar-refractivity contribution is 5.57. The first-order chi connectivity index (χ1) is 14.6. The number of hydrogen-bond donors (Lipinski definition) is 0. The van der Waals surface area contributed by atoms with E-state index in [4.69, 9.17) is 0 Å². The molecular weight excluding hydrogens is 372 g/mol. The zero-order chi connectivity index (χ0) is 24.4. The van der Waals surface area contributed by atoms with Crippen molar-refractivity contribution < 1.29 is 0 Å². The van der Waals surface area contributed by atoms with Crippen LogP contribution in [-0.2, 0) is 12.8 Å². The Morgan fingerprint density at radius 1 is 0.871 bits per heavy atom. The summed E-state index contributed by atoms with van der Waals surface area (Å²) in [5.41, 5.74) is 8.51. The second kappa shape index (κ2) is 17.1. The quantitative estimate of drug-likeness (QED) is 0.424. The number of hydrogen-bond acceptors (Lipinski definition) is 0. The molecule has 0 aromatic heterocycles. The predicted octanol–water partition coefficient (Wildman–Crippen LogP) is 9.64. The number of rotatable bonds is 5. The second-order valence-electron chi connectivity index (χ2n) is 8.21. The molecule has 0 heteroatoms. The molecule has 2 aromatic rings. The lowest BCUT2D eigenvalue weighted by atomic mass is 9.83. The smallest absolute Gasteiger partial charge is 0.0137 e. The van der Waals surface area contributed by atoms with Crippen molar-refractivity contribution in [3.8, 4) is 0 Å². The minimum absolute atomic E-state index is 0.157. The molecule has 0 nitrogen and oxygen atoms in total. The lowest BCUT2D eigenvalue weighted by Gasteiger charge is -2.21. The van der Waals surface area contributed by atoms with Gasteiger partial charge in [0.15, 0.2) is 0 Å². The number of aryl methyl sites for hydroxylation is 4. The van der Waals surface area contributed by atoms with Crippen LogP contribution in [0.5, 0.6) is 0 Å². The van der Waals surface area contributed by atoms with Gasteiger partial charge in [0.05, 0.1) is 0 Å². The molecule has 0 spiro atoms. The van der Waals surface area contributed by atoms with Crippen LogP contribution >= 0.6 is 0 Å². The van der Waals surface area contributed by atoms with Crippen LogP contribution in [0.15, 0.2) is 80.9 Å². The van der Waals surface area contributed by atoms with Crippen molar-refractivity contribution in [1.82, 2.24) is 0 Å². The van der Waals surface area contributed by atoms with Gasteiger partial charge < -0.3 is 0 Å². The van der Waals surface area contributed by atoms with Crippen LogP contribution in [0.2, 0.25) is 0 Å². The molecule has 0 aliphatic rings. The largest absolute Gasteiger partial charge is 0.106 e. The summed E-state index contributed by atoms with van der Waals surface area (Å²) >= 11 is 0. The molecule has 0 fully saturated rings. The third kappa shape index (κ3) is 12.6. The van der Waals surface area contributed by atoms with Crippen LogP contribution in [0.3, 0.4) is 0 Å². The van der Waals surface area contributed by atoms with Gasteiger partial charge in [-0.1, -0.05) is 87.0 Å². The first-order valence-corrected chi connectivity index (χ1v) is 11.1. The van der Waals surface area contributed by atoms with Gasteiger partial charge in [-0.3, -0.25) is 0 Å². The Labute approximate surface area is 194 Å². The molecule has 0 heterocycles. The molecule has 0 radical (unpaired) electrons. The van der Waals surface area contributed by atoms with Crippen molar-refractivity contribution >= 4 is 6.08 Å². The average molecular weight is 419 g/mol. The molecule has 170 valence electrons. The van der Waals surface area contributed by atoms with E-state index in [0.29, 0.717) is 0 Å². The summed E-state index contributed by atoms with van der Waals surface area (Å²) < 4.78 is 0. The lowest BCUT2D eigenvalue weighted by Crippen LogP contribution is -2.12. The van der Waals surface area contributed by atoms with Crippen LogP contribution < -0.4 is 0 Å². The average Bonchev–Trinajstić information content (AvgIpc) is 2.75. The summed E-state index contributed by atoms with van der Waals surface area (Å²) in [7, 11) is 0. The molecule has 0 saturated heterocycles. The Morgan fingerprint density at radius 3 is 1.90 bits per heavy atom. The minimum atomic E-state index is 0.157. The maximum Gasteiger partial charge on any atom is -0.0137 e. The fourth-order valence-electron chi connectivity index (χ4n) is 3.04. The van der Waals surface area contributed by atoms with Crippen LogP contribution in [0.25, 0.3) is 6.08 Å². The fraction of sp³-hybridized carbons (Fsp3) is 0.355. The number of allylic oxidation sites excluding steroid dienone is 3. The van der Waals surface area contributed by atoms with E-state index in [2.05, 4.69) is 123 Å². The van der Waals surface area contributed by atoms with Gasteiger partial charge >= 0.3 is 0 Å². The van der Waals surface area contributed by atoms with Gasteiger partial charge in [0, 0.05) is 0 Å². The van der Waals surface area contributed by atoms with Gasteiger partial charge in [0.1, 0.15) is 0 Å². The second-order valence-corrected chi connectivity index (χ2v) is 8.21. The van der Waals surface area contributed by atoms with Gasteiger partial charge in [0.2, 0.25) is 0 Å². The SMILES string of the molecule is C=C.C=CC.C=CC(C)(C)Cc1cccc(C)c1/C=C\C.CCc1cc(C)ccc1C. The molecule has 0 aliphatic heterocycles. The summed E-state index contributed by atoms with van der Waals surface area (Å²) in [6, 6.07) is 13.1. The molecule has 0 aliphatic carbocycles. The van der Waals surface area contributed by atoms with Gasteiger partial charge in [0.25, 0.3) is 0 Å². The van der Waals surface area contributed by atoms with Gasteiger partial charge in [-0.15, -0.1) is 26.3 Å². The summed E-state index contributed by atoms with van der Waals surface area (Å²) in [6.07, 6.45) is 10.3. The van der Waals surface area contributed by atoms with Gasteiger partial charge in [-0.2, -0.15) is 0 Å². The zero-order valence-electron chi connectivity index (χ0n) is 21.5. The molecule has 0 bridgehead atoms. The van der Waals surface area contributed by atoms with Crippen molar-refractivity contribution in [3.05, 3.63) is 114 Å². The third-order valence-electron chi connectivity index (χ3n) is 4.83. The Hall–Kier alpha value is -2.60. The van der Waals surface area contributed by atoms with Gasteiger partial charge in [-0.05, 0) is 80.7 Å². The lowest BCUT2D eigenvalue weighted by molar-refractivity contribution is 0.478. The van der Waals surface area contributed by atoms with Crippen molar-refractivity contribution in [1.29, 1.82) is 0 Å². The summed E-state index contributed by atoms with van der Waals surface area (Å²) in [6.45, 7) is 30.3. The molecule has 0 saturated carbocycles. The fourth-order valence-corrected chi connectivity index (χ4v) is 3.04. The Bertz CT molecular complexity index is 803. The molecule has 0 N–H and O–H groups in total. The first kappa shape index (κ1) is 30.6.